The number of halogens is 3. The summed E-state index contributed by atoms with van der Waals surface area (Å²) in [6, 6.07) is 7.41. The number of anilines is 2. The van der Waals surface area contributed by atoms with E-state index in [2.05, 4.69) is 10.3 Å². The van der Waals surface area contributed by atoms with Gasteiger partial charge in [0.1, 0.15) is 11.4 Å². The van der Waals surface area contributed by atoms with Crippen molar-refractivity contribution in [3.63, 3.8) is 0 Å². The Morgan fingerprint density at radius 3 is 2.44 bits per heavy atom. The number of ketones is 1. The smallest absolute Gasteiger partial charge is 0.416 e. The molecular formula is C19H19F3N2O3. The van der Waals surface area contributed by atoms with Crippen LogP contribution in [0.5, 0.6) is 0 Å². The summed E-state index contributed by atoms with van der Waals surface area (Å²) in [4.78, 5) is 28.2. The molecule has 27 heavy (non-hydrogen) atoms. The van der Waals surface area contributed by atoms with E-state index in [0.717, 1.165) is 12.1 Å². The van der Waals surface area contributed by atoms with Gasteiger partial charge < -0.3 is 10.1 Å². The molecule has 0 radical (unpaired) electrons. The van der Waals surface area contributed by atoms with E-state index in [0.29, 0.717) is 0 Å². The molecule has 0 amide bonds. The number of rotatable bonds is 5. The molecular weight excluding hydrogens is 361 g/mol. The number of aromatic nitrogens is 1. The molecule has 0 aliphatic rings. The number of hydrogen-bond donors (Lipinski definition) is 1. The molecule has 2 aromatic rings. The van der Waals surface area contributed by atoms with Crippen molar-refractivity contribution in [2.24, 2.45) is 5.41 Å². The Bertz CT molecular complexity index is 843. The zero-order valence-electron chi connectivity index (χ0n) is 15.1. The molecule has 144 valence electrons. The summed E-state index contributed by atoms with van der Waals surface area (Å²) < 4.78 is 43.5. The molecule has 1 aromatic heterocycles. The number of ether oxygens (including phenoxy) is 1. The standard InChI is InChI=1S/C19H19F3N2O3/c1-18(2,3)15(25)11-27-17(26)14-8-5-9-23-16(14)24-13-7-4-6-12(10-13)19(20,21)22/h4-10H,11H2,1-3H3,(H,23,24). The Kier molecular flexibility index (Phi) is 5.88. The number of Topliss-reactive ketones (excluding diaryl/α,β-unsaturated/α-hetero) is 1. The van der Waals surface area contributed by atoms with Crippen molar-refractivity contribution in [2.45, 2.75) is 26.9 Å². The SMILES string of the molecule is CC(C)(C)C(=O)COC(=O)c1cccnc1Nc1cccc(C(F)(F)F)c1. The van der Waals surface area contributed by atoms with Gasteiger partial charge in [-0.3, -0.25) is 4.79 Å². The van der Waals surface area contributed by atoms with Crippen LogP contribution in [0.25, 0.3) is 0 Å². The zero-order chi connectivity index (χ0) is 20.2. The van der Waals surface area contributed by atoms with Gasteiger partial charge in [0.2, 0.25) is 0 Å². The van der Waals surface area contributed by atoms with Crippen LogP contribution in [0.4, 0.5) is 24.7 Å². The van der Waals surface area contributed by atoms with Gasteiger partial charge in [-0.2, -0.15) is 13.2 Å². The first-order valence-corrected chi connectivity index (χ1v) is 8.08. The van der Waals surface area contributed by atoms with Crippen LogP contribution >= 0.6 is 0 Å². The largest absolute Gasteiger partial charge is 0.454 e. The Morgan fingerprint density at radius 1 is 1.11 bits per heavy atom. The van der Waals surface area contributed by atoms with E-state index in [1.54, 1.807) is 20.8 Å². The van der Waals surface area contributed by atoms with E-state index < -0.39 is 29.7 Å². The topological polar surface area (TPSA) is 68.3 Å². The van der Waals surface area contributed by atoms with Gasteiger partial charge in [0.15, 0.2) is 12.4 Å². The summed E-state index contributed by atoms with van der Waals surface area (Å²) in [5.41, 5.74) is -1.36. The third kappa shape index (κ3) is 5.54. The van der Waals surface area contributed by atoms with Crippen molar-refractivity contribution in [3.05, 3.63) is 53.7 Å². The molecule has 1 aromatic carbocycles. The summed E-state index contributed by atoms with van der Waals surface area (Å²) in [6.45, 7) is 4.70. The lowest BCUT2D eigenvalue weighted by atomic mass is 9.91. The molecule has 0 fully saturated rings. The van der Waals surface area contributed by atoms with Gasteiger partial charge >= 0.3 is 12.1 Å². The molecule has 0 atom stereocenters. The van der Waals surface area contributed by atoms with Crippen molar-refractivity contribution >= 4 is 23.3 Å². The first-order valence-electron chi connectivity index (χ1n) is 8.08. The first kappa shape index (κ1) is 20.4. The van der Waals surface area contributed by atoms with Gasteiger partial charge in [-0.05, 0) is 30.3 Å². The number of hydrogen-bond acceptors (Lipinski definition) is 5. The predicted octanol–water partition coefficient (Wildman–Crippen LogP) is 4.62. The molecule has 0 saturated carbocycles. The number of pyridine rings is 1. The lowest BCUT2D eigenvalue weighted by Gasteiger charge is -2.17. The molecule has 0 saturated heterocycles. The summed E-state index contributed by atoms with van der Waals surface area (Å²) in [6.07, 6.45) is -3.11. The highest BCUT2D eigenvalue weighted by Crippen LogP contribution is 2.31. The number of benzene rings is 1. The highest BCUT2D eigenvalue weighted by molar-refractivity contribution is 5.97. The lowest BCUT2D eigenvalue weighted by Crippen LogP contribution is -2.26. The fourth-order valence-electron chi connectivity index (χ4n) is 2.00. The van der Waals surface area contributed by atoms with E-state index in [1.165, 1.54) is 30.5 Å². The number of nitrogens with one attached hydrogen (secondary N) is 1. The van der Waals surface area contributed by atoms with Crippen LogP contribution in [0.3, 0.4) is 0 Å². The van der Waals surface area contributed by atoms with Crippen LogP contribution in [0.2, 0.25) is 0 Å². The maximum Gasteiger partial charge on any atom is 0.416 e. The number of carbonyl (C=O) groups is 2. The average Bonchev–Trinajstić information content (AvgIpc) is 2.58. The summed E-state index contributed by atoms with van der Waals surface area (Å²) in [5, 5.41) is 2.69. The predicted molar refractivity (Wildman–Crippen MR) is 93.7 cm³/mol. The highest BCUT2D eigenvalue weighted by Gasteiger charge is 2.30. The second-order valence-electron chi connectivity index (χ2n) is 6.85. The van der Waals surface area contributed by atoms with Crippen molar-refractivity contribution in [1.29, 1.82) is 0 Å². The Morgan fingerprint density at radius 2 is 1.81 bits per heavy atom. The number of alkyl halides is 3. The first-order chi connectivity index (χ1) is 12.5. The maximum atomic E-state index is 12.8. The van der Waals surface area contributed by atoms with Crippen LogP contribution in [0.15, 0.2) is 42.6 Å². The van der Waals surface area contributed by atoms with Crippen molar-refractivity contribution in [2.75, 3.05) is 11.9 Å². The van der Waals surface area contributed by atoms with Gasteiger partial charge in [-0.25, -0.2) is 9.78 Å². The average molecular weight is 380 g/mol. The van der Waals surface area contributed by atoms with Crippen LogP contribution < -0.4 is 5.32 Å². The Hall–Kier alpha value is -2.90. The van der Waals surface area contributed by atoms with Gasteiger partial charge in [-0.15, -0.1) is 0 Å². The Balaban J connectivity index is 2.19. The van der Waals surface area contributed by atoms with Gasteiger partial charge in [0.05, 0.1) is 5.56 Å². The minimum absolute atomic E-state index is 0.0108. The molecule has 8 heteroatoms. The van der Waals surface area contributed by atoms with Crippen LogP contribution in [-0.4, -0.2) is 23.3 Å². The monoisotopic (exact) mass is 380 g/mol. The van der Waals surface area contributed by atoms with Gasteiger partial charge in [0.25, 0.3) is 0 Å². The van der Waals surface area contributed by atoms with Crippen LogP contribution in [0, 0.1) is 5.41 Å². The summed E-state index contributed by atoms with van der Waals surface area (Å²) in [5.74, 6) is -1.02. The molecule has 1 N–H and O–H groups in total. The number of nitrogens with zero attached hydrogens (tertiary/aromatic N) is 1. The molecule has 1 heterocycles. The van der Waals surface area contributed by atoms with E-state index >= 15 is 0 Å². The number of carbonyl (C=O) groups excluding carboxylic acids is 2. The van der Waals surface area contributed by atoms with Gasteiger partial charge in [0, 0.05) is 17.3 Å². The second kappa shape index (κ2) is 7.77. The minimum atomic E-state index is -4.49. The van der Waals surface area contributed by atoms with Crippen molar-refractivity contribution < 1.29 is 27.5 Å². The van der Waals surface area contributed by atoms with Crippen LogP contribution in [0.1, 0.15) is 36.7 Å². The minimum Gasteiger partial charge on any atom is -0.454 e. The molecule has 0 bridgehead atoms. The normalized spacial score (nSPS) is 11.8. The number of esters is 1. The molecule has 0 spiro atoms. The molecule has 0 unspecified atom stereocenters. The summed E-state index contributed by atoms with van der Waals surface area (Å²) >= 11 is 0. The van der Waals surface area contributed by atoms with Crippen LogP contribution in [-0.2, 0) is 15.7 Å². The fourth-order valence-corrected chi connectivity index (χ4v) is 2.00. The van der Waals surface area contributed by atoms with E-state index in [4.69, 9.17) is 4.74 Å². The third-order valence-corrected chi connectivity index (χ3v) is 3.65. The molecule has 2 rings (SSSR count). The van der Waals surface area contributed by atoms with Crippen molar-refractivity contribution in [3.8, 4) is 0 Å². The fraction of sp³-hybridized carbons (Fsp3) is 0.316. The van der Waals surface area contributed by atoms with Crippen molar-refractivity contribution in [1.82, 2.24) is 4.98 Å². The van der Waals surface area contributed by atoms with Gasteiger partial charge in [-0.1, -0.05) is 26.8 Å². The summed E-state index contributed by atoms with van der Waals surface area (Å²) in [7, 11) is 0. The molecule has 5 nitrogen and oxygen atoms in total. The quantitative estimate of drug-likeness (QED) is 0.767. The lowest BCUT2D eigenvalue weighted by molar-refractivity contribution is -0.137. The van der Waals surface area contributed by atoms with E-state index in [9.17, 15) is 22.8 Å². The Labute approximate surface area is 154 Å². The second-order valence-corrected chi connectivity index (χ2v) is 6.85. The zero-order valence-corrected chi connectivity index (χ0v) is 15.1. The van der Waals surface area contributed by atoms with E-state index in [1.807, 2.05) is 0 Å². The molecule has 0 aliphatic carbocycles. The highest BCUT2D eigenvalue weighted by atomic mass is 19.4. The molecule has 0 aliphatic heterocycles. The van der Waals surface area contributed by atoms with E-state index in [-0.39, 0.29) is 22.9 Å². The third-order valence-electron chi connectivity index (χ3n) is 3.65. The maximum absolute atomic E-state index is 12.8.